The van der Waals surface area contributed by atoms with E-state index in [9.17, 15) is 4.79 Å². The summed E-state index contributed by atoms with van der Waals surface area (Å²) >= 11 is 2.75. The van der Waals surface area contributed by atoms with Gasteiger partial charge in [0.2, 0.25) is 11.7 Å². The van der Waals surface area contributed by atoms with Gasteiger partial charge in [-0.05, 0) is 32.9 Å². The van der Waals surface area contributed by atoms with Crippen molar-refractivity contribution in [1.29, 1.82) is 0 Å². The number of thiazole rings is 1. The molecular formula is C19H19N5O2S2. The lowest BCUT2D eigenvalue weighted by molar-refractivity contribution is -0.115. The van der Waals surface area contributed by atoms with Crippen LogP contribution in [0.25, 0.3) is 22.6 Å². The molecule has 4 rings (SSSR count). The van der Waals surface area contributed by atoms with Crippen molar-refractivity contribution in [2.24, 2.45) is 0 Å². The molecule has 0 aliphatic rings. The lowest BCUT2D eigenvalue weighted by Gasteiger charge is -2.15. The van der Waals surface area contributed by atoms with Gasteiger partial charge in [0.15, 0.2) is 16.0 Å². The zero-order valence-corrected chi connectivity index (χ0v) is 17.3. The molecule has 0 spiro atoms. The van der Waals surface area contributed by atoms with Gasteiger partial charge in [0.25, 0.3) is 0 Å². The Bertz CT molecular complexity index is 1070. The second kappa shape index (κ2) is 7.76. The third-order valence-electron chi connectivity index (χ3n) is 4.14. The molecule has 7 nitrogen and oxygen atoms in total. The SMILES string of the molecule is CC(C)n1c(S[C@H](C)C(=O)Nc2nccs2)nnc1-c1cc2ccccc2o1. The molecule has 0 bridgehead atoms. The van der Waals surface area contributed by atoms with Crippen molar-refractivity contribution >= 4 is 45.1 Å². The van der Waals surface area contributed by atoms with Crippen LogP contribution in [-0.2, 0) is 4.79 Å². The van der Waals surface area contributed by atoms with Gasteiger partial charge in [-0.1, -0.05) is 30.0 Å². The number of furan rings is 1. The van der Waals surface area contributed by atoms with Gasteiger partial charge in [-0.3, -0.25) is 9.36 Å². The van der Waals surface area contributed by atoms with Gasteiger partial charge in [0, 0.05) is 23.0 Å². The summed E-state index contributed by atoms with van der Waals surface area (Å²) in [5, 5.41) is 15.2. The van der Waals surface area contributed by atoms with Gasteiger partial charge in [-0.2, -0.15) is 0 Å². The Balaban J connectivity index is 1.60. The summed E-state index contributed by atoms with van der Waals surface area (Å²) in [6.07, 6.45) is 1.66. The Hall–Kier alpha value is -2.65. The topological polar surface area (TPSA) is 85.8 Å². The Kier molecular flexibility index (Phi) is 5.19. The van der Waals surface area contributed by atoms with Gasteiger partial charge in [-0.15, -0.1) is 21.5 Å². The van der Waals surface area contributed by atoms with Gasteiger partial charge in [-0.25, -0.2) is 4.98 Å². The number of hydrogen-bond acceptors (Lipinski definition) is 7. The van der Waals surface area contributed by atoms with E-state index in [-0.39, 0.29) is 17.2 Å². The van der Waals surface area contributed by atoms with Crippen molar-refractivity contribution < 1.29 is 9.21 Å². The van der Waals surface area contributed by atoms with Gasteiger partial charge in [0.1, 0.15) is 5.58 Å². The molecule has 1 aromatic carbocycles. The first-order valence-corrected chi connectivity index (χ1v) is 10.6. The number of benzene rings is 1. The van der Waals surface area contributed by atoms with Crippen LogP contribution < -0.4 is 5.32 Å². The molecule has 0 unspecified atom stereocenters. The molecule has 0 saturated heterocycles. The third kappa shape index (κ3) is 3.67. The minimum atomic E-state index is -0.353. The summed E-state index contributed by atoms with van der Waals surface area (Å²) in [6.45, 7) is 5.95. The zero-order valence-electron chi connectivity index (χ0n) is 15.6. The number of anilines is 1. The van der Waals surface area contributed by atoms with Crippen LogP contribution in [0.15, 0.2) is 51.5 Å². The molecule has 28 heavy (non-hydrogen) atoms. The number of thioether (sulfide) groups is 1. The summed E-state index contributed by atoms with van der Waals surface area (Å²) in [5.74, 6) is 1.19. The predicted molar refractivity (Wildman–Crippen MR) is 112 cm³/mol. The molecular weight excluding hydrogens is 394 g/mol. The highest BCUT2D eigenvalue weighted by molar-refractivity contribution is 8.00. The van der Waals surface area contributed by atoms with Crippen LogP contribution in [-0.4, -0.2) is 30.9 Å². The van der Waals surface area contributed by atoms with Crippen LogP contribution in [0.2, 0.25) is 0 Å². The Morgan fingerprint density at radius 2 is 2.07 bits per heavy atom. The van der Waals surface area contributed by atoms with E-state index in [1.54, 1.807) is 6.20 Å². The van der Waals surface area contributed by atoms with E-state index in [0.717, 1.165) is 11.0 Å². The second-order valence-electron chi connectivity index (χ2n) is 6.50. The lowest BCUT2D eigenvalue weighted by Crippen LogP contribution is -2.23. The number of aromatic nitrogens is 4. The normalized spacial score (nSPS) is 12.6. The summed E-state index contributed by atoms with van der Waals surface area (Å²) in [6, 6.07) is 9.90. The highest BCUT2D eigenvalue weighted by atomic mass is 32.2. The minimum Gasteiger partial charge on any atom is -0.453 e. The van der Waals surface area contributed by atoms with E-state index in [1.807, 2.05) is 47.2 Å². The molecule has 0 aliphatic heterocycles. The highest BCUT2D eigenvalue weighted by Gasteiger charge is 2.24. The predicted octanol–water partition coefficient (Wildman–Crippen LogP) is 4.85. The Morgan fingerprint density at radius 1 is 1.25 bits per heavy atom. The maximum Gasteiger partial charge on any atom is 0.239 e. The van der Waals surface area contributed by atoms with Crippen LogP contribution in [0.1, 0.15) is 26.8 Å². The number of amides is 1. The fourth-order valence-corrected chi connectivity index (χ4v) is 4.30. The van der Waals surface area contributed by atoms with Crippen LogP contribution >= 0.6 is 23.1 Å². The number of rotatable bonds is 6. The first-order valence-electron chi connectivity index (χ1n) is 8.84. The average Bonchev–Trinajstić information content (AvgIpc) is 3.40. The number of carbonyl (C=O) groups is 1. The third-order valence-corrected chi connectivity index (χ3v) is 5.89. The van der Waals surface area contributed by atoms with Crippen molar-refractivity contribution in [2.75, 3.05) is 5.32 Å². The summed E-state index contributed by atoms with van der Waals surface area (Å²) in [4.78, 5) is 16.5. The van der Waals surface area contributed by atoms with Crippen LogP contribution in [0, 0.1) is 0 Å². The molecule has 1 N–H and O–H groups in total. The largest absolute Gasteiger partial charge is 0.453 e. The molecule has 144 valence electrons. The fourth-order valence-electron chi connectivity index (χ4n) is 2.79. The Labute approximate surface area is 170 Å². The number of nitrogens with one attached hydrogen (secondary N) is 1. The number of carbonyl (C=O) groups excluding carboxylic acids is 1. The van der Waals surface area contributed by atoms with E-state index >= 15 is 0 Å². The maximum atomic E-state index is 12.4. The molecule has 0 saturated carbocycles. The molecule has 1 amide bonds. The molecule has 9 heteroatoms. The fraction of sp³-hybridized carbons (Fsp3) is 0.263. The van der Waals surface area contributed by atoms with Crippen LogP contribution in [0.4, 0.5) is 5.13 Å². The van der Waals surface area contributed by atoms with Crippen molar-refractivity contribution in [3.05, 3.63) is 41.9 Å². The lowest BCUT2D eigenvalue weighted by atomic mass is 10.2. The standard InChI is InChI=1S/C19H19N5O2S2/c1-11(2)24-16(15-10-13-6-4-5-7-14(13)26-15)22-23-19(24)28-12(3)17(25)21-18-20-8-9-27-18/h4-12H,1-3H3,(H,20,21,25)/t12-/m1/s1. The van der Waals surface area contributed by atoms with Crippen LogP contribution in [0.5, 0.6) is 0 Å². The van der Waals surface area contributed by atoms with E-state index in [0.29, 0.717) is 21.9 Å². The van der Waals surface area contributed by atoms with Crippen LogP contribution in [0.3, 0.4) is 0 Å². The van der Waals surface area contributed by atoms with Gasteiger partial charge in [0.05, 0.1) is 5.25 Å². The molecule has 4 aromatic rings. The second-order valence-corrected chi connectivity index (χ2v) is 8.71. The molecule has 0 aliphatic carbocycles. The van der Waals surface area contributed by atoms with E-state index in [4.69, 9.17) is 4.42 Å². The number of para-hydroxylation sites is 1. The van der Waals surface area contributed by atoms with E-state index in [1.165, 1.54) is 23.1 Å². The summed E-state index contributed by atoms with van der Waals surface area (Å²) in [7, 11) is 0. The molecule has 1 atom stereocenters. The summed E-state index contributed by atoms with van der Waals surface area (Å²) in [5.41, 5.74) is 0.807. The van der Waals surface area contributed by atoms with Crippen molar-refractivity contribution in [2.45, 2.75) is 37.2 Å². The van der Waals surface area contributed by atoms with Gasteiger partial charge >= 0.3 is 0 Å². The van der Waals surface area contributed by atoms with E-state index in [2.05, 4.69) is 34.3 Å². The smallest absolute Gasteiger partial charge is 0.239 e. The van der Waals surface area contributed by atoms with Crippen molar-refractivity contribution in [3.8, 4) is 11.6 Å². The zero-order chi connectivity index (χ0) is 19.7. The first kappa shape index (κ1) is 18.7. The number of fused-ring (bicyclic) bond motifs is 1. The molecule has 0 fully saturated rings. The highest BCUT2D eigenvalue weighted by Crippen LogP contribution is 2.33. The van der Waals surface area contributed by atoms with E-state index < -0.39 is 0 Å². The number of nitrogens with zero attached hydrogens (tertiary/aromatic N) is 4. The molecule has 3 heterocycles. The van der Waals surface area contributed by atoms with Crippen molar-refractivity contribution in [1.82, 2.24) is 19.7 Å². The average molecular weight is 414 g/mol. The first-order chi connectivity index (χ1) is 13.5. The monoisotopic (exact) mass is 413 g/mol. The minimum absolute atomic E-state index is 0.106. The Morgan fingerprint density at radius 3 is 2.79 bits per heavy atom. The van der Waals surface area contributed by atoms with Gasteiger partial charge < -0.3 is 9.73 Å². The maximum absolute atomic E-state index is 12.4. The molecule has 3 aromatic heterocycles. The quantitative estimate of drug-likeness (QED) is 0.455. The number of hydrogen-bond donors (Lipinski definition) is 1. The van der Waals surface area contributed by atoms with Crippen molar-refractivity contribution in [3.63, 3.8) is 0 Å². The molecule has 0 radical (unpaired) electrons. The summed E-state index contributed by atoms with van der Waals surface area (Å²) < 4.78 is 7.96.